The van der Waals surface area contributed by atoms with Crippen LogP contribution >= 0.6 is 0 Å². The third-order valence-electron chi connectivity index (χ3n) is 2.04. The molecule has 0 heterocycles. The van der Waals surface area contributed by atoms with Crippen molar-refractivity contribution in [3.05, 3.63) is 29.6 Å². The molecular formula is C11H16FNO2. The van der Waals surface area contributed by atoms with Crippen LogP contribution in [-0.4, -0.2) is 20.3 Å². The smallest absolute Gasteiger partial charge is 0.130 e. The van der Waals surface area contributed by atoms with Crippen LogP contribution in [0.4, 0.5) is 10.1 Å². The van der Waals surface area contributed by atoms with Crippen LogP contribution < -0.4 is 5.73 Å². The van der Waals surface area contributed by atoms with Crippen LogP contribution in [0.15, 0.2) is 18.2 Å². The highest BCUT2D eigenvalue weighted by molar-refractivity contribution is 5.46. The van der Waals surface area contributed by atoms with E-state index in [1.165, 1.54) is 6.07 Å². The zero-order valence-electron chi connectivity index (χ0n) is 8.83. The summed E-state index contributed by atoms with van der Waals surface area (Å²) < 4.78 is 23.4. The molecule has 84 valence electrons. The molecule has 1 rings (SSSR count). The molecule has 3 nitrogen and oxygen atoms in total. The Bertz CT molecular complexity index is 284. The Balaban J connectivity index is 2.37. The van der Waals surface area contributed by atoms with E-state index in [2.05, 4.69) is 0 Å². The first-order chi connectivity index (χ1) is 7.25. The number of hydrogen-bond acceptors (Lipinski definition) is 3. The maximum absolute atomic E-state index is 13.2. The van der Waals surface area contributed by atoms with Gasteiger partial charge in [0.25, 0.3) is 0 Å². The molecule has 0 aromatic heterocycles. The third kappa shape index (κ3) is 3.85. The summed E-state index contributed by atoms with van der Waals surface area (Å²) in [6, 6.07) is 4.63. The van der Waals surface area contributed by atoms with E-state index in [0.717, 1.165) is 6.42 Å². The monoisotopic (exact) mass is 213 g/mol. The highest BCUT2D eigenvalue weighted by atomic mass is 19.1. The van der Waals surface area contributed by atoms with Gasteiger partial charge in [0.1, 0.15) is 5.82 Å². The summed E-state index contributed by atoms with van der Waals surface area (Å²) in [5.74, 6) is -0.318. The summed E-state index contributed by atoms with van der Waals surface area (Å²) in [6.45, 7) is 1.40. The van der Waals surface area contributed by atoms with Gasteiger partial charge in [-0.05, 0) is 18.6 Å². The maximum Gasteiger partial charge on any atom is 0.130 e. The molecular weight excluding hydrogens is 197 g/mol. The largest absolute Gasteiger partial charge is 0.398 e. The van der Waals surface area contributed by atoms with Crippen LogP contribution in [0.2, 0.25) is 0 Å². The molecule has 0 fully saturated rings. The SMILES string of the molecule is COCCCOCc1c(N)cccc1F. The average molecular weight is 213 g/mol. The normalized spacial score (nSPS) is 10.5. The minimum atomic E-state index is -0.318. The highest BCUT2D eigenvalue weighted by Gasteiger charge is 2.05. The van der Waals surface area contributed by atoms with Gasteiger partial charge in [-0.1, -0.05) is 6.07 Å². The van der Waals surface area contributed by atoms with Crippen molar-refractivity contribution in [3.63, 3.8) is 0 Å². The number of halogens is 1. The Morgan fingerprint density at radius 1 is 1.33 bits per heavy atom. The highest BCUT2D eigenvalue weighted by Crippen LogP contribution is 2.16. The molecule has 0 amide bonds. The number of nitrogens with two attached hydrogens (primary N) is 1. The van der Waals surface area contributed by atoms with Crippen LogP contribution in [0.25, 0.3) is 0 Å². The molecule has 0 saturated carbocycles. The van der Waals surface area contributed by atoms with Crippen molar-refractivity contribution in [1.82, 2.24) is 0 Å². The van der Waals surface area contributed by atoms with E-state index >= 15 is 0 Å². The van der Waals surface area contributed by atoms with Crippen molar-refractivity contribution in [2.75, 3.05) is 26.1 Å². The first-order valence-corrected chi connectivity index (χ1v) is 4.85. The zero-order valence-corrected chi connectivity index (χ0v) is 8.83. The molecule has 0 bridgehead atoms. The number of rotatable bonds is 6. The molecule has 0 atom stereocenters. The predicted molar refractivity (Wildman–Crippen MR) is 57.0 cm³/mol. The van der Waals surface area contributed by atoms with Gasteiger partial charge in [0.2, 0.25) is 0 Å². The molecule has 1 aromatic rings. The molecule has 0 saturated heterocycles. The fraction of sp³-hybridized carbons (Fsp3) is 0.455. The minimum absolute atomic E-state index is 0.211. The molecule has 1 aromatic carbocycles. The number of anilines is 1. The van der Waals surface area contributed by atoms with Crippen molar-refractivity contribution in [3.8, 4) is 0 Å². The third-order valence-corrected chi connectivity index (χ3v) is 2.04. The van der Waals surface area contributed by atoms with E-state index in [1.54, 1.807) is 19.2 Å². The van der Waals surface area contributed by atoms with Crippen LogP contribution in [0, 0.1) is 5.82 Å². The molecule has 0 spiro atoms. The molecule has 0 radical (unpaired) electrons. The lowest BCUT2D eigenvalue weighted by Crippen LogP contribution is -2.03. The fourth-order valence-corrected chi connectivity index (χ4v) is 1.21. The van der Waals surface area contributed by atoms with E-state index in [9.17, 15) is 4.39 Å². The average Bonchev–Trinajstić information content (AvgIpc) is 2.21. The standard InChI is InChI=1S/C11H16FNO2/c1-14-6-3-7-15-8-9-10(12)4-2-5-11(9)13/h2,4-5H,3,6-8,13H2,1H3. The van der Waals surface area contributed by atoms with Crippen molar-refractivity contribution in [2.45, 2.75) is 13.0 Å². The summed E-state index contributed by atoms with van der Waals surface area (Å²) in [4.78, 5) is 0. The van der Waals surface area contributed by atoms with Crippen LogP contribution in [0.5, 0.6) is 0 Å². The second-order valence-electron chi connectivity index (χ2n) is 3.21. The Morgan fingerprint density at radius 3 is 2.80 bits per heavy atom. The summed E-state index contributed by atoms with van der Waals surface area (Å²) in [5.41, 5.74) is 6.48. The Kier molecular flexibility index (Phi) is 5.07. The molecule has 0 aliphatic heterocycles. The van der Waals surface area contributed by atoms with Crippen molar-refractivity contribution in [2.24, 2.45) is 0 Å². The lowest BCUT2D eigenvalue weighted by molar-refractivity contribution is 0.0916. The van der Waals surface area contributed by atoms with Gasteiger partial charge >= 0.3 is 0 Å². The number of benzene rings is 1. The predicted octanol–water partition coefficient (Wildman–Crippen LogP) is 1.96. The van der Waals surface area contributed by atoms with Gasteiger partial charge in [-0.15, -0.1) is 0 Å². The first-order valence-electron chi connectivity index (χ1n) is 4.85. The summed E-state index contributed by atoms with van der Waals surface area (Å²) in [5, 5.41) is 0. The summed E-state index contributed by atoms with van der Waals surface area (Å²) >= 11 is 0. The number of methoxy groups -OCH3 is 1. The fourth-order valence-electron chi connectivity index (χ4n) is 1.21. The van der Waals surface area contributed by atoms with Gasteiger partial charge in [-0.2, -0.15) is 0 Å². The van der Waals surface area contributed by atoms with E-state index in [1.807, 2.05) is 0 Å². The molecule has 4 heteroatoms. The van der Waals surface area contributed by atoms with Crippen LogP contribution in [0.3, 0.4) is 0 Å². The maximum atomic E-state index is 13.2. The van der Waals surface area contributed by atoms with Crippen molar-refractivity contribution in [1.29, 1.82) is 0 Å². The van der Waals surface area contributed by atoms with Gasteiger partial charge in [0.15, 0.2) is 0 Å². The van der Waals surface area contributed by atoms with Gasteiger partial charge in [0.05, 0.1) is 6.61 Å². The van der Waals surface area contributed by atoms with E-state index < -0.39 is 0 Å². The van der Waals surface area contributed by atoms with Gasteiger partial charge in [-0.25, -0.2) is 4.39 Å². The second-order valence-corrected chi connectivity index (χ2v) is 3.21. The second kappa shape index (κ2) is 6.37. The molecule has 0 aliphatic carbocycles. The Morgan fingerprint density at radius 2 is 2.13 bits per heavy atom. The van der Waals surface area contributed by atoms with Gasteiger partial charge in [-0.3, -0.25) is 0 Å². The topological polar surface area (TPSA) is 44.5 Å². The molecule has 15 heavy (non-hydrogen) atoms. The quantitative estimate of drug-likeness (QED) is 0.580. The first kappa shape index (κ1) is 11.9. The zero-order chi connectivity index (χ0) is 11.1. The minimum Gasteiger partial charge on any atom is -0.398 e. The van der Waals surface area contributed by atoms with Gasteiger partial charge < -0.3 is 15.2 Å². The molecule has 2 N–H and O–H groups in total. The molecule has 0 aliphatic rings. The number of ether oxygens (including phenoxy) is 2. The van der Waals surface area contributed by atoms with Crippen molar-refractivity contribution >= 4 is 5.69 Å². The summed E-state index contributed by atoms with van der Waals surface area (Å²) in [7, 11) is 1.63. The van der Waals surface area contributed by atoms with Crippen LogP contribution in [-0.2, 0) is 16.1 Å². The van der Waals surface area contributed by atoms with Crippen molar-refractivity contribution < 1.29 is 13.9 Å². The van der Waals surface area contributed by atoms with E-state index in [-0.39, 0.29) is 12.4 Å². The van der Waals surface area contributed by atoms with E-state index in [0.29, 0.717) is 24.5 Å². The summed E-state index contributed by atoms with van der Waals surface area (Å²) in [6.07, 6.45) is 0.796. The number of hydrogen-bond donors (Lipinski definition) is 1. The lowest BCUT2D eigenvalue weighted by atomic mass is 10.2. The molecule has 0 unspecified atom stereocenters. The number of nitrogen functional groups attached to an aromatic ring is 1. The van der Waals surface area contributed by atoms with E-state index in [4.69, 9.17) is 15.2 Å². The lowest BCUT2D eigenvalue weighted by Gasteiger charge is -2.07. The van der Waals surface area contributed by atoms with Crippen LogP contribution in [0.1, 0.15) is 12.0 Å². The van der Waals surface area contributed by atoms with Gasteiger partial charge in [0, 0.05) is 31.6 Å². The Labute approximate surface area is 89.0 Å². The Hall–Kier alpha value is -1.13.